The largest absolute Gasteiger partial charge is 0.333 e. The molecule has 0 atom stereocenters. The molecule has 8 heteroatoms. The molecule has 2 aromatic heterocycles. The number of thioether (sulfide) groups is 1. The number of carbonyl (C=O) groups is 1. The van der Waals surface area contributed by atoms with Crippen molar-refractivity contribution in [2.75, 3.05) is 11.1 Å². The summed E-state index contributed by atoms with van der Waals surface area (Å²) in [6.07, 6.45) is 0. The first-order valence-corrected chi connectivity index (χ1v) is 11.7. The summed E-state index contributed by atoms with van der Waals surface area (Å²) in [6.45, 7) is 0. The number of benzene rings is 3. The molecule has 3 aromatic carbocycles. The molecule has 0 fully saturated rings. The number of imidazole rings is 1. The topological polar surface area (TPSA) is 70.7 Å². The van der Waals surface area contributed by atoms with Crippen LogP contribution in [0.15, 0.2) is 83.3 Å². The fourth-order valence-corrected chi connectivity index (χ4v) is 4.70. The first-order chi connectivity index (χ1) is 15.6. The number of aromatic amines is 1. The summed E-state index contributed by atoms with van der Waals surface area (Å²) in [5.41, 5.74) is 5.23. The molecule has 2 heterocycles. The minimum Gasteiger partial charge on any atom is -0.333 e. The highest BCUT2D eigenvalue weighted by Gasteiger charge is 2.09. The van der Waals surface area contributed by atoms with Gasteiger partial charge in [0, 0.05) is 22.2 Å². The van der Waals surface area contributed by atoms with E-state index < -0.39 is 0 Å². The number of thiazole rings is 1. The first kappa shape index (κ1) is 20.4. The van der Waals surface area contributed by atoms with Crippen LogP contribution >= 0.6 is 23.1 Å². The molecular formula is C24H17FN4OS2. The lowest BCUT2D eigenvalue weighted by atomic mass is 10.1. The number of halogens is 1. The maximum atomic E-state index is 13.1. The summed E-state index contributed by atoms with van der Waals surface area (Å²) in [7, 11) is 0. The third-order valence-corrected chi connectivity index (χ3v) is 6.53. The van der Waals surface area contributed by atoms with Gasteiger partial charge in [-0.1, -0.05) is 36.0 Å². The van der Waals surface area contributed by atoms with Gasteiger partial charge in [0.25, 0.3) is 0 Å². The van der Waals surface area contributed by atoms with Crippen LogP contribution in [0.1, 0.15) is 0 Å². The second kappa shape index (κ2) is 8.94. The Hall–Kier alpha value is -3.49. The van der Waals surface area contributed by atoms with Gasteiger partial charge in [-0.3, -0.25) is 4.79 Å². The van der Waals surface area contributed by atoms with Crippen molar-refractivity contribution in [1.82, 2.24) is 15.0 Å². The molecule has 158 valence electrons. The van der Waals surface area contributed by atoms with Gasteiger partial charge >= 0.3 is 0 Å². The SMILES string of the molecule is O=C(CSc1nc2ccccc2[nH]1)Nc1ccc(-c2csc(-c3ccc(F)cc3)n2)cc1. The van der Waals surface area contributed by atoms with Crippen molar-refractivity contribution >= 4 is 45.7 Å². The van der Waals surface area contributed by atoms with Crippen LogP contribution in [0.4, 0.5) is 10.1 Å². The van der Waals surface area contributed by atoms with E-state index in [2.05, 4.69) is 20.3 Å². The van der Waals surface area contributed by atoms with E-state index in [1.165, 1.54) is 35.2 Å². The third-order valence-electron chi connectivity index (χ3n) is 4.77. The van der Waals surface area contributed by atoms with Crippen LogP contribution in [0.25, 0.3) is 32.9 Å². The first-order valence-electron chi connectivity index (χ1n) is 9.83. The predicted octanol–water partition coefficient (Wildman–Crippen LogP) is 6.22. The van der Waals surface area contributed by atoms with E-state index in [0.29, 0.717) is 0 Å². The van der Waals surface area contributed by atoms with Gasteiger partial charge in [0.05, 0.1) is 22.5 Å². The molecule has 2 N–H and O–H groups in total. The molecule has 32 heavy (non-hydrogen) atoms. The van der Waals surface area contributed by atoms with Gasteiger partial charge < -0.3 is 10.3 Å². The van der Waals surface area contributed by atoms with Crippen LogP contribution in [-0.4, -0.2) is 26.6 Å². The molecule has 1 amide bonds. The molecule has 5 nitrogen and oxygen atoms in total. The Morgan fingerprint density at radius 3 is 2.50 bits per heavy atom. The Labute approximate surface area is 191 Å². The highest BCUT2D eigenvalue weighted by Crippen LogP contribution is 2.29. The average molecular weight is 461 g/mol. The average Bonchev–Trinajstić information content (AvgIpc) is 3.46. The lowest BCUT2D eigenvalue weighted by molar-refractivity contribution is -0.113. The van der Waals surface area contributed by atoms with Gasteiger partial charge in [-0.25, -0.2) is 14.4 Å². The van der Waals surface area contributed by atoms with Crippen LogP contribution in [0.2, 0.25) is 0 Å². The molecule has 0 aliphatic carbocycles. The van der Waals surface area contributed by atoms with Gasteiger partial charge in [0.1, 0.15) is 10.8 Å². The van der Waals surface area contributed by atoms with Crippen LogP contribution in [-0.2, 0) is 4.79 Å². The van der Waals surface area contributed by atoms with Crippen molar-refractivity contribution in [3.8, 4) is 21.8 Å². The summed E-state index contributed by atoms with van der Waals surface area (Å²) < 4.78 is 13.1. The maximum Gasteiger partial charge on any atom is 0.234 e. The number of hydrogen-bond donors (Lipinski definition) is 2. The van der Waals surface area contributed by atoms with Crippen LogP contribution in [0, 0.1) is 5.82 Å². The fraction of sp³-hybridized carbons (Fsp3) is 0.0417. The Kier molecular flexibility index (Phi) is 5.70. The molecule has 0 saturated carbocycles. The number of anilines is 1. The van der Waals surface area contributed by atoms with Crippen LogP contribution in [0.3, 0.4) is 0 Å². The predicted molar refractivity (Wildman–Crippen MR) is 128 cm³/mol. The quantitative estimate of drug-likeness (QED) is 0.295. The van der Waals surface area contributed by atoms with Crippen molar-refractivity contribution in [2.24, 2.45) is 0 Å². The summed E-state index contributed by atoms with van der Waals surface area (Å²) in [5.74, 6) is -0.107. The van der Waals surface area contributed by atoms with Crippen LogP contribution in [0.5, 0.6) is 0 Å². The van der Waals surface area contributed by atoms with E-state index in [4.69, 9.17) is 0 Å². The molecule has 0 aliphatic heterocycles. The van der Waals surface area contributed by atoms with Crippen molar-refractivity contribution in [1.29, 1.82) is 0 Å². The number of para-hydroxylation sites is 2. The molecule has 0 saturated heterocycles. The number of fused-ring (bicyclic) bond motifs is 1. The number of carbonyl (C=O) groups excluding carboxylic acids is 1. The van der Waals surface area contributed by atoms with Gasteiger partial charge in [0.2, 0.25) is 5.91 Å². The Morgan fingerprint density at radius 1 is 0.969 bits per heavy atom. The number of hydrogen-bond acceptors (Lipinski definition) is 5. The van der Waals surface area contributed by atoms with E-state index in [1.54, 1.807) is 12.1 Å². The molecule has 0 radical (unpaired) electrons. The lowest BCUT2D eigenvalue weighted by Crippen LogP contribution is -2.14. The standard InChI is InChI=1S/C24H17FN4OS2/c25-17-9-5-16(6-10-17)23-27-21(13-31-23)15-7-11-18(12-8-15)26-22(30)14-32-24-28-19-3-1-2-4-20(19)29-24/h1-13H,14H2,(H,26,30)(H,28,29). The molecule has 0 unspecified atom stereocenters. The monoisotopic (exact) mass is 460 g/mol. The zero-order chi connectivity index (χ0) is 21.9. The minimum absolute atomic E-state index is 0.101. The Bertz CT molecular complexity index is 1340. The Balaban J connectivity index is 1.20. The fourth-order valence-electron chi connectivity index (χ4n) is 3.18. The van der Waals surface area contributed by atoms with E-state index in [0.717, 1.165) is 43.7 Å². The zero-order valence-electron chi connectivity index (χ0n) is 16.7. The van der Waals surface area contributed by atoms with Gasteiger partial charge in [-0.2, -0.15) is 0 Å². The van der Waals surface area contributed by atoms with Gasteiger partial charge in [0.15, 0.2) is 5.16 Å². The van der Waals surface area contributed by atoms with Crippen molar-refractivity contribution in [3.63, 3.8) is 0 Å². The maximum absolute atomic E-state index is 13.1. The number of H-pyrrole nitrogens is 1. The molecule has 5 rings (SSSR count). The summed E-state index contributed by atoms with van der Waals surface area (Å²) >= 11 is 2.87. The normalized spacial score (nSPS) is 11.0. The lowest BCUT2D eigenvalue weighted by Gasteiger charge is -2.05. The van der Waals surface area contributed by atoms with E-state index in [-0.39, 0.29) is 17.5 Å². The van der Waals surface area contributed by atoms with Gasteiger partial charge in [-0.15, -0.1) is 11.3 Å². The minimum atomic E-state index is -0.265. The van der Waals surface area contributed by atoms with Crippen molar-refractivity contribution in [3.05, 3.63) is 84.0 Å². The molecule has 5 aromatic rings. The smallest absolute Gasteiger partial charge is 0.234 e. The van der Waals surface area contributed by atoms with Gasteiger partial charge in [-0.05, 0) is 48.5 Å². The number of aromatic nitrogens is 3. The summed E-state index contributed by atoms with van der Waals surface area (Å²) in [4.78, 5) is 24.6. The van der Waals surface area contributed by atoms with Crippen molar-refractivity contribution in [2.45, 2.75) is 5.16 Å². The summed E-state index contributed by atoms with van der Waals surface area (Å²) in [5, 5.41) is 6.43. The number of nitrogens with one attached hydrogen (secondary N) is 2. The van der Waals surface area contributed by atoms with E-state index >= 15 is 0 Å². The second-order valence-electron chi connectivity index (χ2n) is 7.02. The number of nitrogens with zero attached hydrogens (tertiary/aromatic N) is 2. The highest BCUT2D eigenvalue weighted by atomic mass is 32.2. The molecular weight excluding hydrogens is 443 g/mol. The number of rotatable bonds is 6. The van der Waals surface area contributed by atoms with E-state index in [9.17, 15) is 9.18 Å². The van der Waals surface area contributed by atoms with E-state index in [1.807, 2.05) is 53.9 Å². The third kappa shape index (κ3) is 4.56. The highest BCUT2D eigenvalue weighted by molar-refractivity contribution is 7.99. The zero-order valence-corrected chi connectivity index (χ0v) is 18.3. The molecule has 0 bridgehead atoms. The van der Waals surface area contributed by atoms with Crippen molar-refractivity contribution < 1.29 is 9.18 Å². The number of amides is 1. The van der Waals surface area contributed by atoms with Crippen LogP contribution < -0.4 is 5.32 Å². The Morgan fingerprint density at radius 2 is 1.72 bits per heavy atom. The molecule has 0 aliphatic rings. The summed E-state index contributed by atoms with van der Waals surface area (Å²) in [6, 6.07) is 21.6. The second-order valence-corrected chi connectivity index (χ2v) is 8.84. The molecule has 0 spiro atoms.